The summed E-state index contributed by atoms with van der Waals surface area (Å²) >= 11 is 5.93. The minimum atomic E-state index is -0.104. The second-order valence-corrected chi connectivity index (χ2v) is 3.86. The zero-order valence-corrected chi connectivity index (χ0v) is 9.75. The molecule has 2 aromatic rings. The SMILES string of the molecule is CNCC(=O)c1c(Cl)nc2ncc(C)cn12. The molecule has 16 heavy (non-hydrogen) atoms. The van der Waals surface area contributed by atoms with Crippen molar-refractivity contribution in [2.45, 2.75) is 6.92 Å². The fraction of sp³-hybridized carbons (Fsp3) is 0.300. The van der Waals surface area contributed by atoms with E-state index in [0.717, 1.165) is 5.56 Å². The van der Waals surface area contributed by atoms with Crippen molar-refractivity contribution in [1.29, 1.82) is 0 Å². The second-order valence-electron chi connectivity index (χ2n) is 3.51. The van der Waals surface area contributed by atoms with Crippen molar-refractivity contribution in [3.8, 4) is 0 Å². The Morgan fingerprint density at radius 1 is 1.62 bits per heavy atom. The monoisotopic (exact) mass is 238 g/mol. The van der Waals surface area contributed by atoms with Crippen molar-refractivity contribution in [3.05, 3.63) is 28.8 Å². The third-order valence-electron chi connectivity index (χ3n) is 2.17. The molecule has 0 aromatic carbocycles. The highest BCUT2D eigenvalue weighted by atomic mass is 35.5. The summed E-state index contributed by atoms with van der Waals surface area (Å²) in [4.78, 5) is 19.9. The van der Waals surface area contributed by atoms with Gasteiger partial charge in [0.05, 0.1) is 6.54 Å². The van der Waals surface area contributed by atoms with Gasteiger partial charge in [-0.05, 0) is 19.5 Å². The van der Waals surface area contributed by atoms with E-state index in [-0.39, 0.29) is 17.5 Å². The summed E-state index contributed by atoms with van der Waals surface area (Å²) in [5.74, 6) is 0.336. The fourth-order valence-electron chi connectivity index (χ4n) is 1.50. The Morgan fingerprint density at radius 2 is 2.38 bits per heavy atom. The topological polar surface area (TPSA) is 59.3 Å². The first kappa shape index (κ1) is 11.0. The quantitative estimate of drug-likeness (QED) is 0.814. The van der Waals surface area contributed by atoms with Gasteiger partial charge in [0.2, 0.25) is 5.78 Å². The molecule has 2 aromatic heterocycles. The van der Waals surface area contributed by atoms with Crippen molar-refractivity contribution in [2.24, 2.45) is 0 Å². The number of carbonyl (C=O) groups is 1. The van der Waals surface area contributed by atoms with Gasteiger partial charge in [0.25, 0.3) is 0 Å². The lowest BCUT2D eigenvalue weighted by Gasteiger charge is -2.01. The van der Waals surface area contributed by atoms with Crippen molar-refractivity contribution < 1.29 is 4.79 Å². The number of carbonyl (C=O) groups excluding carboxylic acids is 1. The average Bonchev–Trinajstić information content (AvgIpc) is 2.53. The molecule has 0 aliphatic rings. The molecule has 0 fully saturated rings. The van der Waals surface area contributed by atoms with Crippen LogP contribution in [0.25, 0.3) is 5.78 Å². The zero-order chi connectivity index (χ0) is 11.7. The maximum absolute atomic E-state index is 11.8. The normalized spacial score (nSPS) is 10.9. The summed E-state index contributed by atoms with van der Waals surface area (Å²) < 4.78 is 1.62. The summed E-state index contributed by atoms with van der Waals surface area (Å²) in [7, 11) is 1.71. The molecule has 0 atom stereocenters. The Morgan fingerprint density at radius 3 is 3.06 bits per heavy atom. The molecule has 1 N–H and O–H groups in total. The van der Waals surface area contributed by atoms with E-state index in [1.165, 1.54) is 0 Å². The molecule has 0 unspecified atom stereocenters. The molecule has 0 radical (unpaired) electrons. The van der Waals surface area contributed by atoms with E-state index in [0.29, 0.717) is 11.5 Å². The van der Waals surface area contributed by atoms with Crippen LogP contribution in [-0.2, 0) is 0 Å². The van der Waals surface area contributed by atoms with Crippen LogP contribution in [0.4, 0.5) is 0 Å². The predicted molar refractivity (Wildman–Crippen MR) is 61.0 cm³/mol. The lowest BCUT2D eigenvalue weighted by Crippen LogP contribution is -2.20. The number of nitrogens with one attached hydrogen (secondary N) is 1. The van der Waals surface area contributed by atoms with Crippen LogP contribution in [0.5, 0.6) is 0 Å². The molecule has 0 aliphatic carbocycles. The Labute approximate surface area is 97.5 Å². The van der Waals surface area contributed by atoms with Gasteiger partial charge in [0.1, 0.15) is 5.69 Å². The Hall–Kier alpha value is -1.46. The van der Waals surface area contributed by atoms with Crippen molar-refractivity contribution in [2.75, 3.05) is 13.6 Å². The number of hydrogen-bond donors (Lipinski definition) is 1. The zero-order valence-electron chi connectivity index (χ0n) is 8.99. The van der Waals surface area contributed by atoms with Crippen LogP contribution in [0.2, 0.25) is 5.15 Å². The van der Waals surface area contributed by atoms with E-state index in [9.17, 15) is 4.79 Å². The van der Waals surface area contributed by atoms with Crippen LogP contribution in [0.3, 0.4) is 0 Å². The number of aryl methyl sites for hydroxylation is 1. The van der Waals surface area contributed by atoms with Crippen LogP contribution < -0.4 is 5.32 Å². The van der Waals surface area contributed by atoms with E-state index in [1.807, 2.05) is 6.92 Å². The predicted octanol–water partition coefficient (Wildman–Crippen LogP) is 1.09. The number of likely N-dealkylation sites (N-methyl/N-ethyl adjacent to an activating group) is 1. The summed E-state index contributed by atoms with van der Waals surface area (Å²) in [6.45, 7) is 2.12. The molecule has 2 rings (SSSR count). The number of Topliss-reactive ketones (excluding diaryl/α,β-unsaturated/α-hetero) is 1. The lowest BCUT2D eigenvalue weighted by molar-refractivity contribution is 0.0988. The maximum atomic E-state index is 11.8. The first-order valence-electron chi connectivity index (χ1n) is 4.81. The molecule has 0 bridgehead atoms. The van der Waals surface area contributed by atoms with Crippen molar-refractivity contribution >= 4 is 23.2 Å². The molecule has 0 saturated carbocycles. The highest BCUT2D eigenvalue weighted by Gasteiger charge is 2.17. The first-order valence-corrected chi connectivity index (χ1v) is 5.19. The van der Waals surface area contributed by atoms with Gasteiger partial charge in [0, 0.05) is 12.4 Å². The van der Waals surface area contributed by atoms with Crippen molar-refractivity contribution in [3.63, 3.8) is 0 Å². The van der Waals surface area contributed by atoms with Crippen LogP contribution in [0, 0.1) is 6.92 Å². The van der Waals surface area contributed by atoms with Gasteiger partial charge >= 0.3 is 0 Å². The minimum absolute atomic E-state index is 0.104. The number of fused-ring (bicyclic) bond motifs is 1. The Kier molecular flexibility index (Phi) is 2.89. The highest BCUT2D eigenvalue weighted by Crippen LogP contribution is 2.17. The van der Waals surface area contributed by atoms with Crippen LogP contribution >= 0.6 is 11.6 Å². The summed E-state index contributed by atoms with van der Waals surface area (Å²) in [5.41, 5.74) is 1.32. The van der Waals surface area contributed by atoms with Crippen molar-refractivity contribution in [1.82, 2.24) is 19.7 Å². The Bertz CT molecular complexity index is 549. The molecule has 6 heteroatoms. The number of rotatable bonds is 3. The second kappa shape index (κ2) is 4.19. The van der Waals surface area contributed by atoms with Gasteiger partial charge < -0.3 is 5.32 Å². The number of imidazole rings is 1. The molecule has 0 amide bonds. The van der Waals surface area contributed by atoms with Crippen LogP contribution in [0.1, 0.15) is 16.1 Å². The van der Waals surface area contributed by atoms with Gasteiger partial charge in [-0.2, -0.15) is 4.98 Å². The molecule has 0 saturated heterocycles. The molecular formula is C10H11ClN4O. The van der Waals surface area contributed by atoms with E-state index in [2.05, 4.69) is 15.3 Å². The minimum Gasteiger partial charge on any atom is -0.313 e. The molecule has 84 valence electrons. The number of nitrogens with zero attached hydrogens (tertiary/aromatic N) is 3. The van der Waals surface area contributed by atoms with Gasteiger partial charge in [0.15, 0.2) is 10.9 Å². The van der Waals surface area contributed by atoms with E-state index < -0.39 is 0 Å². The number of hydrogen-bond acceptors (Lipinski definition) is 4. The molecule has 5 nitrogen and oxygen atoms in total. The Balaban J connectivity index is 2.62. The fourth-order valence-corrected chi connectivity index (χ4v) is 1.77. The highest BCUT2D eigenvalue weighted by molar-refractivity contribution is 6.33. The van der Waals surface area contributed by atoms with Gasteiger partial charge in [-0.3, -0.25) is 9.20 Å². The summed E-state index contributed by atoms with van der Waals surface area (Å²) in [5, 5.41) is 2.99. The third-order valence-corrected chi connectivity index (χ3v) is 2.43. The summed E-state index contributed by atoms with van der Waals surface area (Å²) in [6.07, 6.45) is 3.48. The van der Waals surface area contributed by atoms with Gasteiger partial charge in [-0.25, -0.2) is 4.98 Å². The van der Waals surface area contributed by atoms with Gasteiger partial charge in [-0.15, -0.1) is 0 Å². The summed E-state index contributed by atoms with van der Waals surface area (Å²) in [6, 6.07) is 0. The standard InChI is InChI=1S/C10H11ClN4O/c1-6-3-13-10-14-9(11)8(15(10)5-6)7(16)4-12-2/h3,5,12H,4H2,1-2H3. The lowest BCUT2D eigenvalue weighted by atomic mass is 10.3. The van der Waals surface area contributed by atoms with E-state index in [4.69, 9.17) is 11.6 Å². The molecule has 0 spiro atoms. The largest absolute Gasteiger partial charge is 0.313 e. The molecule has 0 aliphatic heterocycles. The number of ketones is 1. The smallest absolute Gasteiger partial charge is 0.235 e. The first-order chi connectivity index (χ1) is 7.63. The maximum Gasteiger partial charge on any atom is 0.235 e. The van der Waals surface area contributed by atoms with Crippen LogP contribution in [-0.4, -0.2) is 33.7 Å². The third kappa shape index (κ3) is 1.79. The molecule has 2 heterocycles. The van der Waals surface area contributed by atoms with Crippen LogP contribution in [0.15, 0.2) is 12.4 Å². The number of halogens is 1. The van der Waals surface area contributed by atoms with E-state index >= 15 is 0 Å². The molecular weight excluding hydrogens is 228 g/mol. The van der Waals surface area contributed by atoms with E-state index in [1.54, 1.807) is 23.8 Å². The van der Waals surface area contributed by atoms with Gasteiger partial charge in [-0.1, -0.05) is 11.6 Å². The number of aromatic nitrogens is 3. The average molecular weight is 239 g/mol.